The quantitative estimate of drug-likeness (QED) is 0.437. The third-order valence-electron chi connectivity index (χ3n) is 3.09. The maximum absolute atomic E-state index is 13.3. The second-order valence-electron chi connectivity index (χ2n) is 4.49. The number of hydrogen-bond donors (Lipinski definition) is 2. The molecule has 2 rings (SSSR count). The minimum atomic E-state index is -0.915. The summed E-state index contributed by atoms with van der Waals surface area (Å²) in [5.41, 5.74) is 6.26. The number of rotatable bonds is 3. The van der Waals surface area contributed by atoms with Crippen LogP contribution in [0.3, 0.4) is 0 Å². The van der Waals surface area contributed by atoms with Crippen molar-refractivity contribution in [1.82, 2.24) is 4.90 Å². The Balaban J connectivity index is 0.00000220. The molecule has 1 aliphatic heterocycles. The monoisotopic (exact) mass is 429 g/mol. The van der Waals surface area contributed by atoms with Crippen LogP contribution in [0, 0.1) is 5.82 Å². The van der Waals surface area contributed by atoms with Gasteiger partial charge < -0.3 is 20.5 Å². The van der Waals surface area contributed by atoms with Gasteiger partial charge in [-0.2, -0.15) is 0 Å². The normalized spacial score (nSPS) is 17.3. The Morgan fingerprint density at radius 3 is 2.76 bits per heavy atom. The van der Waals surface area contributed by atoms with Crippen LogP contribution < -0.4 is 5.73 Å². The number of morpholine rings is 1. The predicted octanol–water partition coefficient (Wildman–Crippen LogP) is 1.78. The van der Waals surface area contributed by atoms with Crippen molar-refractivity contribution in [2.24, 2.45) is 10.7 Å². The van der Waals surface area contributed by atoms with Crippen LogP contribution in [0.25, 0.3) is 0 Å². The lowest BCUT2D eigenvalue weighted by molar-refractivity contribution is 0.0672. The molecule has 0 aliphatic carbocycles. The van der Waals surface area contributed by atoms with Crippen LogP contribution in [0.15, 0.2) is 23.2 Å². The summed E-state index contributed by atoms with van der Waals surface area (Å²) in [6.07, 6.45) is -0.915. The summed E-state index contributed by atoms with van der Waals surface area (Å²) in [4.78, 5) is 6.02. The maximum atomic E-state index is 13.3. The summed E-state index contributed by atoms with van der Waals surface area (Å²) in [5, 5.41) is 9.99. The number of aliphatic imine (C=N–C) groups is 1. The van der Waals surface area contributed by atoms with E-state index < -0.39 is 11.9 Å². The molecule has 1 fully saturated rings. The van der Waals surface area contributed by atoms with Gasteiger partial charge in [0.25, 0.3) is 0 Å². The van der Waals surface area contributed by atoms with E-state index in [0.29, 0.717) is 37.8 Å². The highest BCUT2D eigenvalue weighted by atomic mass is 127. The van der Waals surface area contributed by atoms with Gasteiger partial charge in [0.1, 0.15) is 5.82 Å². The van der Waals surface area contributed by atoms with Crippen molar-refractivity contribution < 1.29 is 14.2 Å². The highest BCUT2D eigenvalue weighted by molar-refractivity contribution is 14.0. The van der Waals surface area contributed by atoms with Crippen LogP contribution in [0.2, 0.25) is 5.02 Å². The number of nitrogens with zero attached hydrogens (tertiary/aromatic N) is 2. The van der Waals surface area contributed by atoms with Crippen molar-refractivity contribution in [1.29, 1.82) is 0 Å². The first-order chi connectivity index (χ1) is 9.58. The van der Waals surface area contributed by atoms with Gasteiger partial charge >= 0.3 is 0 Å². The highest BCUT2D eigenvalue weighted by Crippen LogP contribution is 2.20. The SMILES string of the molecule is I.NC(=NCC(O)c1ccc(Cl)c(F)c1)N1CCOCC1. The number of benzene rings is 1. The van der Waals surface area contributed by atoms with Gasteiger partial charge in [-0.15, -0.1) is 24.0 Å². The lowest BCUT2D eigenvalue weighted by Gasteiger charge is -2.27. The molecule has 1 atom stereocenters. The molecule has 1 heterocycles. The van der Waals surface area contributed by atoms with Crippen molar-refractivity contribution in [2.45, 2.75) is 6.10 Å². The van der Waals surface area contributed by atoms with Crippen LogP contribution in [0.1, 0.15) is 11.7 Å². The molecular weight excluding hydrogens is 412 g/mol. The van der Waals surface area contributed by atoms with Crippen LogP contribution in [-0.4, -0.2) is 48.8 Å². The van der Waals surface area contributed by atoms with Gasteiger partial charge in [0.15, 0.2) is 5.96 Å². The van der Waals surface area contributed by atoms with Gasteiger partial charge in [0, 0.05) is 13.1 Å². The molecule has 0 spiro atoms. The minimum absolute atomic E-state index is 0. The Morgan fingerprint density at radius 2 is 2.14 bits per heavy atom. The molecule has 3 N–H and O–H groups in total. The first-order valence-electron chi connectivity index (χ1n) is 6.33. The Bertz CT molecular complexity index is 498. The summed E-state index contributed by atoms with van der Waals surface area (Å²) < 4.78 is 18.5. The summed E-state index contributed by atoms with van der Waals surface area (Å²) in [5.74, 6) is -0.199. The Morgan fingerprint density at radius 1 is 1.48 bits per heavy atom. The van der Waals surface area contributed by atoms with Gasteiger partial charge in [-0.1, -0.05) is 17.7 Å². The largest absolute Gasteiger partial charge is 0.386 e. The third kappa shape index (κ3) is 5.24. The molecule has 0 aromatic heterocycles. The van der Waals surface area contributed by atoms with Crippen molar-refractivity contribution in [3.05, 3.63) is 34.6 Å². The van der Waals surface area contributed by atoms with Crippen LogP contribution in [-0.2, 0) is 4.74 Å². The van der Waals surface area contributed by atoms with Crippen LogP contribution in [0.4, 0.5) is 4.39 Å². The first-order valence-corrected chi connectivity index (χ1v) is 6.71. The van der Waals surface area contributed by atoms with Crippen LogP contribution in [0.5, 0.6) is 0 Å². The summed E-state index contributed by atoms with van der Waals surface area (Å²) in [7, 11) is 0. The van der Waals surface area contributed by atoms with E-state index in [1.807, 2.05) is 4.90 Å². The van der Waals surface area contributed by atoms with Crippen molar-refractivity contribution in [3.63, 3.8) is 0 Å². The lowest BCUT2D eigenvalue weighted by Crippen LogP contribution is -2.45. The topological polar surface area (TPSA) is 71.1 Å². The fourth-order valence-electron chi connectivity index (χ4n) is 1.90. The van der Waals surface area contributed by atoms with E-state index in [4.69, 9.17) is 22.1 Å². The molecule has 0 amide bonds. The zero-order valence-corrected chi connectivity index (χ0v) is 14.4. The van der Waals surface area contributed by atoms with E-state index in [2.05, 4.69) is 4.99 Å². The number of halogens is 3. The van der Waals surface area contributed by atoms with E-state index >= 15 is 0 Å². The van der Waals surface area contributed by atoms with E-state index in [1.54, 1.807) is 6.07 Å². The molecule has 21 heavy (non-hydrogen) atoms. The van der Waals surface area contributed by atoms with Gasteiger partial charge in [0.2, 0.25) is 0 Å². The summed E-state index contributed by atoms with van der Waals surface area (Å²) >= 11 is 5.59. The van der Waals surface area contributed by atoms with Gasteiger partial charge in [0.05, 0.1) is 30.9 Å². The molecule has 0 radical (unpaired) electrons. The van der Waals surface area contributed by atoms with E-state index in [1.165, 1.54) is 12.1 Å². The summed E-state index contributed by atoms with van der Waals surface area (Å²) in [6, 6.07) is 4.18. The molecule has 1 aromatic carbocycles. The molecular formula is C13H18ClFIN3O2. The molecule has 1 unspecified atom stereocenters. The standard InChI is InChI=1S/C13H17ClFN3O2.HI/c14-10-2-1-9(7-11(10)15)12(19)8-17-13(16)18-3-5-20-6-4-18;/h1-2,7,12,19H,3-6,8H2,(H2,16,17);1H. The number of ether oxygens (including phenoxy) is 1. The molecule has 0 saturated carbocycles. The minimum Gasteiger partial charge on any atom is -0.386 e. The molecule has 118 valence electrons. The fraction of sp³-hybridized carbons (Fsp3) is 0.462. The number of nitrogens with two attached hydrogens (primary N) is 1. The zero-order chi connectivity index (χ0) is 14.5. The highest BCUT2D eigenvalue weighted by Gasteiger charge is 2.14. The maximum Gasteiger partial charge on any atom is 0.191 e. The lowest BCUT2D eigenvalue weighted by atomic mass is 10.1. The number of hydrogen-bond acceptors (Lipinski definition) is 3. The number of guanidine groups is 1. The van der Waals surface area contributed by atoms with Crippen molar-refractivity contribution >= 4 is 41.5 Å². The van der Waals surface area contributed by atoms with E-state index in [0.717, 1.165) is 0 Å². The molecule has 8 heteroatoms. The molecule has 0 bridgehead atoms. The summed E-state index contributed by atoms with van der Waals surface area (Å²) in [6.45, 7) is 2.66. The second-order valence-corrected chi connectivity index (χ2v) is 4.89. The molecule has 5 nitrogen and oxygen atoms in total. The van der Waals surface area contributed by atoms with Crippen molar-refractivity contribution in [3.8, 4) is 0 Å². The average molecular weight is 430 g/mol. The third-order valence-corrected chi connectivity index (χ3v) is 3.40. The predicted molar refractivity (Wildman–Crippen MR) is 90.7 cm³/mol. The zero-order valence-electron chi connectivity index (χ0n) is 11.3. The van der Waals surface area contributed by atoms with Crippen molar-refractivity contribution in [2.75, 3.05) is 32.8 Å². The molecule has 1 aliphatic rings. The number of aliphatic hydroxyl groups excluding tert-OH is 1. The molecule has 1 aromatic rings. The van der Waals surface area contributed by atoms with Crippen LogP contribution >= 0.6 is 35.6 Å². The Labute approximate surface area is 144 Å². The Hall–Kier alpha value is -0.640. The first kappa shape index (κ1) is 18.4. The van der Waals surface area contributed by atoms with Gasteiger partial charge in [-0.05, 0) is 17.7 Å². The smallest absolute Gasteiger partial charge is 0.191 e. The van der Waals surface area contributed by atoms with E-state index in [9.17, 15) is 9.50 Å². The van der Waals surface area contributed by atoms with E-state index in [-0.39, 0.29) is 35.5 Å². The Kier molecular flexibility index (Phi) is 7.64. The number of aliphatic hydroxyl groups is 1. The fourth-order valence-corrected chi connectivity index (χ4v) is 2.02. The molecule has 1 saturated heterocycles. The van der Waals surface area contributed by atoms with Gasteiger partial charge in [-0.3, -0.25) is 4.99 Å². The average Bonchev–Trinajstić information content (AvgIpc) is 2.48. The van der Waals surface area contributed by atoms with Gasteiger partial charge in [-0.25, -0.2) is 4.39 Å². The second kappa shape index (κ2) is 8.72.